The summed E-state index contributed by atoms with van der Waals surface area (Å²) in [4.78, 5) is 26.7. The molecule has 7 heteroatoms. The molecule has 0 aromatic carbocycles. The van der Waals surface area contributed by atoms with E-state index in [9.17, 15) is 9.59 Å². The minimum Gasteiger partial charge on any atom is -0.461 e. The Labute approximate surface area is 103 Å². The molecule has 2 N–H and O–H groups in total. The second-order valence-corrected chi connectivity index (χ2v) is 3.57. The van der Waals surface area contributed by atoms with Crippen molar-refractivity contribution in [3.63, 3.8) is 0 Å². The van der Waals surface area contributed by atoms with Crippen LogP contribution in [-0.4, -0.2) is 33.2 Å². The number of pyridine rings is 1. The molecule has 0 radical (unpaired) electrons. The summed E-state index contributed by atoms with van der Waals surface area (Å²) in [6.45, 7) is 1.83. The molecule has 0 spiro atoms. The average molecular weight is 248 g/mol. The van der Waals surface area contributed by atoms with Gasteiger partial charge in [0.15, 0.2) is 11.3 Å². The van der Waals surface area contributed by atoms with E-state index in [2.05, 4.69) is 10.1 Å². The Bertz CT molecular complexity index is 605. The molecule has 2 heterocycles. The molecule has 0 unspecified atom stereocenters. The number of carbonyl (C=O) groups excluding carboxylic acids is 2. The second-order valence-electron chi connectivity index (χ2n) is 3.57. The van der Waals surface area contributed by atoms with Crippen LogP contribution in [0.3, 0.4) is 0 Å². The molecule has 0 aliphatic heterocycles. The van der Waals surface area contributed by atoms with Crippen molar-refractivity contribution < 1.29 is 14.3 Å². The van der Waals surface area contributed by atoms with E-state index in [1.165, 1.54) is 4.68 Å². The fourth-order valence-corrected chi connectivity index (χ4v) is 1.62. The minimum atomic E-state index is -0.555. The van der Waals surface area contributed by atoms with Crippen LogP contribution in [0.4, 0.5) is 0 Å². The summed E-state index contributed by atoms with van der Waals surface area (Å²) in [7, 11) is 0. The maximum absolute atomic E-state index is 11.7. The fourth-order valence-electron chi connectivity index (χ4n) is 1.62. The van der Waals surface area contributed by atoms with Crippen LogP contribution < -0.4 is 5.73 Å². The van der Waals surface area contributed by atoms with E-state index >= 15 is 0 Å². The Morgan fingerprint density at radius 3 is 2.94 bits per heavy atom. The highest BCUT2D eigenvalue weighted by atomic mass is 16.5. The van der Waals surface area contributed by atoms with Crippen molar-refractivity contribution in [2.45, 2.75) is 13.5 Å². The van der Waals surface area contributed by atoms with Gasteiger partial charge in [0.1, 0.15) is 6.54 Å². The van der Waals surface area contributed by atoms with E-state index in [0.29, 0.717) is 11.0 Å². The predicted octanol–water partition coefficient (Wildman–Crippen LogP) is 0.0933. The molecule has 1 amide bonds. The highest BCUT2D eigenvalue weighted by Crippen LogP contribution is 2.16. The topological polar surface area (TPSA) is 100 Å². The smallest absolute Gasteiger partial charge is 0.359 e. The van der Waals surface area contributed by atoms with E-state index < -0.39 is 11.9 Å². The SMILES string of the molecule is CCOC(=O)c1nn(CC(N)=O)c2ncccc12. The first-order valence-corrected chi connectivity index (χ1v) is 5.40. The number of nitrogens with two attached hydrogens (primary N) is 1. The van der Waals surface area contributed by atoms with Gasteiger partial charge in [-0.3, -0.25) is 4.79 Å². The van der Waals surface area contributed by atoms with Crippen molar-refractivity contribution in [1.29, 1.82) is 0 Å². The maximum Gasteiger partial charge on any atom is 0.359 e. The van der Waals surface area contributed by atoms with E-state index in [0.717, 1.165) is 0 Å². The first kappa shape index (κ1) is 12.0. The Kier molecular flexibility index (Phi) is 3.22. The molecular weight excluding hydrogens is 236 g/mol. The number of hydrogen-bond donors (Lipinski definition) is 1. The molecule has 0 aliphatic carbocycles. The third-order valence-electron chi connectivity index (χ3n) is 2.28. The van der Waals surface area contributed by atoms with Gasteiger partial charge < -0.3 is 10.5 Å². The van der Waals surface area contributed by atoms with Crippen LogP contribution in [0, 0.1) is 0 Å². The fraction of sp³-hybridized carbons (Fsp3) is 0.273. The third-order valence-corrected chi connectivity index (χ3v) is 2.28. The molecule has 18 heavy (non-hydrogen) atoms. The van der Waals surface area contributed by atoms with Gasteiger partial charge >= 0.3 is 5.97 Å². The van der Waals surface area contributed by atoms with Gasteiger partial charge in [0.25, 0.3) is 0 Å². The number of ether oxygens (including phenoxy) is 1. The van der Waals surface area contributed by atoms with Gasteiger partial charge in [-0.15, -0.1) is 0 Å². The standard InChI is InChI=1S/C11H12N4O3/c1-2-18-11(17)9-7-4-3-5-13-10(7)15(14-9)6-8(12)16/h3-5H,2,6H2,1H3,(H2,12,16). The first-order valence-electron chi connectivity index (χ1n) is 5.40. The van der Waals surface area contributed by atoms with Crippen LogP contribution in [0.15, 0.2) is 18.3 Å². The summed E-state index contributed by atoms with van der Waals surface area (Å²) in [6.07, 6.45) is 1.55. The number of amides is 1. The van der Waals surface area contributed by atoms with Crippen LogP contribution in [0.2, 0.25) is 0 Å². The second kappa shape index (κ2) is 4.82. The molecular formula is C11H12N4O3. The summed E-state index contributed by atoms with van der Waals surface area (Å²) in [5.74, 6) is -1.10. The number of primary amides is 1. The van der Waals surface area contributed by atoms with Crippen molar-refractivity contribution in [3.05, 3.63) is 24.0 Å². The number of hydrogen-bond acceptors (Lipinski definition) is 5. The zero-order valence-corrected chi connectivity index (χ0v) is 9.79. The summed E-state index contributed by atoms with van der Waals surface area (Å²) in [5.41, 5.74) is 5.69. The lowest BCUT2D eigenvalue weighted by atomic mass is 10.2. The maximum atomic E-state index is 11.7. The van der Waals surface area contributed by atoms with Gasteiger partial charge in [-0.05, 0) is 19.1 Å². The van der Waals surface area contributed by atoms with Gasteiger partial charge in [-0.25, -0.2) is 14.5 Å². The van der Waals surface area contributed by atoms with Gasteiger partial charge in [0.05, 0.1) is 12.0 Å². The van der Waals surface area contributed by atoms with Crippen molar-refractivity contribution in [1.82, 2.24) is 14.8 Å². The van der Waals surface area contributed by atoms with Crippen LogP contribution in [0.5, 0.6) is 0 Å². The molecule has 0 saturated heterocycles. The van der Waals surface area contributed by atoms with E-state index in [-0.39, 0.29) is 18.8 Å². The molecule has 7 nitrogen and oxygen atoms in total. The van der Waals surface area contributed by atoms with E-state index in [4.69, 9.17) is 10.5 Å². The van der Waals surface area contributed by atoms with Crippen LogP contribution >= 0.6 is 0 Å². The lowest BCUT2D eigenvalue weighted by Crippen LogP contribution is -2.20. The van der Waals surface area contributed by atoms with Gasteiger partial charge in [0.2, 0.25) is 5.91 Å². The zero-order chi connectivity index (χ0) is 13.1. The summed E-state index contributed by atoms with van der Waals surface area (Å²) < 4.78 is 6.19. The number of rotatable bonds is 4. The normalized spacial score (nSPS) is 10.5. The quantitative estimate of drug-likeness (QED) is 0.773. The minimum absolute atomic E-state index is 0.132. The molecule has 0 aliphatic rings. The number of nitrogens with zero attached hydrogens (tertiary/aromatic N) is 3. The number of esters is 1. The average Bonchev–Trinajstić information content (AvgIpc) is 2.68. The van der Waals surface area contributed by atoms with Crippen molar-refractivity contribution in [2.75, 3.05) is 6.61 Å². The Hall–Kier alpha value is -2.44. The highest BCUT2D eigenvalue weighted by molar-refractivity contribution is 6.01. The van der Waals surface area contributed by atoms with Gasteiger partial charge in [-0.2, -0.15) is 5.10 Å². The lowest BCUT2D eigenvalue weighted by molar-refractivity contribution is -0.118. The van der Waals surface area contributed by atoms with Gasteiger partial charge in [-0.1, -0.05) is 0 Å². The number of aromatic nitrogens is 3. The summed E-state index contributed by atoms with van der Waals surface area (Å²) in [5, 5.41) is 4.57. The molecule has 94 valence electrons. The Morgan fingerprint density at radius 2 is 2.28 bits per heavy atom. The van der Waals surface area contributed by atoms with Crippen molar-refractivity contribution >= 4 is 22.9 Å². The van der Waals surface area contributed by atoms with Crippen LogP contribution in [-0.2, 0) is 16.1 Å². The molecule has 0 atom stereocenters. The summed E-state index contributed by atoms with van der Waals surface area (Å²) in [6, 6.07) is 3.38. The van der Waals surface area contributed by atoms with Crippen molar-refractivity contribution in [3.8, 4) is 0 Å². The van der Waals surface area contributed by atoms with E-state index in [1.54, 1.807) is 25.3 Å². The molecule has 0 saturated carbocycles. The first-order chi connectivity index (χ1) is 8.63. The molecule has 2 aromatic rings. The van der Waals surface area contributed by atoms with Crippen molar-refractivity contribution in [2.24, 2.45) is 5.73 Å². The number of fused-ring (bicyclic) bond motifs is 1. The van der Waals surface area contributed by atoms with E-state index in [1.807, 2.05) is 0 Å². The molecule has 2 rings (SSSR count). The number of carbonyl (C=O) groups is 2. The molecule has 0 bridgehead atoms. The summed E-state index contributed by atoms with van der Waals surface area (Å²) >= 11 is 0. The third kappa shape index (κ3) is 2.15. The molecule has 0 fully saturated rings. The Balaban J connectivity index is 2.53. The monoisotopic (exact) mass is 248 g/mol. The zero-order valence-electron chi connectivity index (χ0n) is 9.79. The highest BCUT2D eigenvalue weighted by Gasteiger charge is 2.19. The largest absolute Gasteiger partial charge is 0.461 e. The van der Waals surface area contributed by atoms with Gasteiger partial charge in [0, 0.05) is 6.20 Å². The van der Waals surface area contributed by atoms with Crippen LogP contribution in [0.25, 0.3) is 11.0 Å². The Morgan fingerprint density at radius 1 is 1.50 bits per heavy atom. The lowest BCUT2D eigenvalue weighted by Gasteiger charge is -1.97. The van der Waals surface area contributed by atoms with Crippen LogP contribution in [0.1, 0.15) is 17.4 Å². The molecule has 2 aromatic heterocycles. The predicted molar refractivity (Wildman–Crippen MR) is 62.7 cm³/mol.